The van der Waals surface area contributed by atoms with Gasteiger partial charge in [0.25, 0.3) is 5.91 Å². The Labute approximate surface area is 240 Å². The molecule has 0 heterocycles. The summed E-state index contributed by atoms with van der Waals surface area (Å²) >= 11 is 0. The first-order chi connectivity index (χ1) is 20.1. The summed E-state index contributed by atoms with van der Waals surface area (Å²) in [6.45, 7) is -0.114. The smallest absolute Gasteiger partial charge is 0.405 e. The van der Waals surface area contributed by atoms with Gasteiger partial charge in [0.15, 0.2) is 0 Å². The minimum Gasteiger partial charge on any atom is -0.405 e. The van der Waals surface area contributed by atoms with Crippen molar-refractivity contribution in [3.8, 4) is 5.75 Å². The molecule has 0 fully saturated rings. The third-order valence-electron chi connectivity index (χ3n) is 6.59. The first kappa shape index (κ1) is 30.0. The average molecular weight is 579 g/mol. The van der Waals surface area contributed by atoms with Crippen molar-refractivity contribution in [2.45, 2.75) is 45.1 Å². The van der Waals surface area contributed by atoms with Crippen molar-refractivity contribution < 1.29 is 27.5 Å². The van der Waals surface area contributed by atoms with Crippen molar-refractivity contribution in [3.05, 3.63) is 101 Å². The van der Waals surface area contributed by atoms with Crippen LogP contribution in [0.15, 0.2) is 89.0 Å². The molecule has 0 unspecified atom stereocenters. The number of allylic oxidation sites excluding steroid dienone is 2. The lowest BCUT2D eigenvalue weighted by atomic mass is 9.93. The van der Waals surface area contributed by atoms with Crippen LogP contribution in [0.25, 0.3) is 5.57 Å². The molecule has 1 aliphatic carbocycles. The highest BCUT2D eigenvalue weighted by Gasteiger charge is 2.32. The Kier molecular flexibility index (Phi) is 9.69. The molecule has 42 heavy (non-hydrogen) atoms. The molecule has 0 aromatic heterocycles. The minimum atomic E-state index is -4.87. The highest BCUT2D eigenvalue weighted by Crippen LogP contribution is 2.29. The molecule has 9 nitrogen and oxygen atoms in total. The number of carbonyl (C=O) groups is 2. The van der Waals surface area contributed by atoms with Crippen LogP contribution in [-0.2, 0) is 13.1 Å². The Morgan fingerprint density at radius 1 is 1.00 bits per heavy atom. The number of alkyl halides is 3. The van der Waals surface area contributed by atoms with Gasteiger partial charge in [-0.15, -0.1) is 18.3 Å². The Balaban J connectivity index is 1.56. The lowest BCUT2D eigenvalue weighted by molar-refractivity contribution is -0.274. The van der Waals surface area contributed by atoms with Crippen LogP contribution in [0, 0.1) is 5.53 Å². The predicted molar refractivity (Wildman–Crippen MR) is 152 cm³/mol. The number of guanidine groups is 1. The third-order valence-corrected chi connectivity index (χ3v) is 6.59. The van der Waals surface area contributed by atoms with E-state index in [1.807, 2.05) is 24.3 Å². The van der Waals surface area contributed by atoms with Gasteiger partial charge < -0.3 is 15.8 Å². The van der Waals surface area contributed by atoms with E-state index in [0.29, 0.717) is 11.3 Å². The number of amides is 3. The van der Waals surface area contributed by atoms with Crippen molar-refractivity contribution in [1.82, 2.24) is 5.32 Å². The second kappa shape index (κ2) is 13.6. The van der Waals surface area contributed by atoms with Gasteiger partial charge in [-0.3, -0.25) is 9.69 Å². The number of hydrogen-bond donors (Lipinski definition) is 3. The van der Waals surface area contributed by atoms with Gasteiger partial charge in [-0.25, -0.2) is 10.3 Å². The van der Waals surface area contributed by atoms with Crippen molar-refractivity contribution in [2.24, 2.45) is 15.8 Å². The van der Waals surface area contributed by atoms with Gasteiger partial charge in [0.1, 0.15) is 5.75 Å². The number of halogens is 3. The fraction of sp³-hybridized carbons (Fsp3) is 0.233. The van der Waals surface area contributed by atoms with E-state index in [1.54, 1.807) is 18.2 Å². The van der Waals surface area contributed by atoms with Crippen LogP contribution in [0.2, 0.25) is 0 Å². The summed E-state index contributed by atoms with van der Waals surface area (Å²) in [5.41, 5.74) is 16.1. The summed E-state index contributed by atoms with van der Waals surface area (Å²) in [5, 5.41) is 5.59. The number of benzene rings is 3. The van der Waals surface area contributed by atoms with E-state index in [2.05, 4.69) is 26.2 Å². The van der Waals surface area contributed by atoms with E-state index in [1.165, 1.54) is 40.8 Å². The van der Waals surface area contributed by atoms with Crippen LogP contribution in [-0.4, -0.2) is 24.3 Å². The SMILES string of the molecule is N=NC(N)=NC(=O)c1ccc(CN(C(=O)NCc2ccccc2OC(F)(F)F)c2ccc(C3=CCCCC3)cc2)cc1. The van der Waals surface area contributed by atoms with Crippen LogP contribution in [0.1, 0.15) is 52.7 Å². The van der Waals surface area contributed by atoms with Crippen molar-refractivity contribution in [2.75, 3.05) is 4.90 Å². The molecule has 0 radical (unpaired) electrons. The van der Waals surface area contributed by atoms with Crippen molar-refractivity contribution in [3.63, 3.8) is 0 Å². The molecule has 4 N–H and O–H groups in total. The minimum absolute atomic E-state index is 0.0938. The molecule has 0 saturated heterocycles. The van der Waals surface area contributed by atoms with E-state index >= 15 is 0 Å². The molecular weight excluding hydrogens is 549 g/mol. The van der Waals surface area contributed by atoms with Gasteiger partial charge in [-0.1, -0.05) is 48.5 Å². The number of para-hydroxylation sites is 1. The maximum Gasteiger partial charge on any atom is 0.573 e. The maximum absolute atomic E-state index is 13.5. The summed E-state index contributed by atoms with van der Waals surface area (Å²) < 4.78 is 42.7. The molecular formula is C30H29F3N6O3. The van der Waals surface area contributed by atoms with E-state index < -0.39 is 30.0 Å². The number of aliphatic imine (C=N–C) groups is 1. The highest BCUT2D eigenvalue weighted by atomic mass is 19.4. The first-order valence-electron chi connectivity index (χ1n) is 13.2. The summed E-state index contributed by atoms with van der Waals surface area (Å²) in [4.78, 5) is 30.6. The second-order valence-corrected chi connectivity index (χ2v) is 9.51. The Morgan fingerprint density at radius 2 is 1.71 bits per heavy atom. The van der Waals surface area contributed by atoms with Gasteiger partial charge in [-0.2, -0.15) is 4.99 Å². The van der Waals surface area contributed by atoms with Crippen LogP contribution in [0.4, 0.5) is 23.7 Å². The van der Waals surface area contributed by atoms with Crippen LogP contribution < -0.4 is 20.7 Å². The van der Waals surface area contributed by atoms with Gasteiger partial charge in [-0.05, 0) is 72.7 Å². The molecule has 0 saturated carbocycles. The number of urea groups is 1. The monoisotopic (exact) mass is 578 g/mol. The highest BCUT2D eigenvalue weighted by molar-refractivity contribution is 6.02. The van der Waals surface area contributed by atoms with Gasteiger partial charge in [0, 0.05) is 23.4 Å². The normalized spacial score (nSPS) is 13.6. The number of carbonyl (C=O) groups excluding carboxylic acids is 2. The quantitative estimate of drug-likeness (QED) is 0.152. The molecule has 3 aromatic rings. The largest absolute Gasteiger partial charge is 0.573 e. The van der Waals surface area contributed by atoms with Crippen LogP contribution in [0.3, 0.4) is 0 Å². The number of ether oxygens (including phenoxy) is 1. The number of hydrogen-bond acceptors (Lipinski definition) is 4. The topological polar surface area (TPSA) is 133 Å². The zero-order chi connectivity index (χ0) is 30.1. The van der Waals surface area contributed by atoms with Crippen LogP contribution in [0.5, 0.6) is 5.75 Å². The van der Waals surface area contributed by atoms with E-state index in [9.17, 15) is 22.8 Å². The molecule has 3 aromatic carbocycles. The molecule has 0 atom stereocenters. The summed E-state index contributed by atoms with van der Waals surface area (Å²) in [6, 6.07) is 18.9. The fourth-order valence-corrected chi connectivity index (χ4v) is 4.51. The summed E-state index contributed by atoms with van der Waals surface area (Å²) in [5.74, 6) is -1.54. The lowest BCUT2D eigenvalue weighted by Gasteiger charge is -2.24. The Bertz CT molecular complexity index is 1490. The number of anilines is 1. The number of nitrogens with two attached hydrogens (primary N) is 1. The maximum atomic E-state index is 13.5. The van der Waals surface area contributed by atoms with E-state index in [4.69, 9.17) is 11.3 Å². The lowest BCUT2D eigenvalue weighted by Crippen LogP contribution is -2.39. The van der Waals surface area contributed by atoms with Gasteiger partial charge in [0.05, 0.1) is 6.54 Å². The zero-order valence-electron chi connectivity index (χ0n) is 22.5. The zero-order valence-corrected chi connectivity index (χ0v) is 22.5. The predicted octanol–water partition coefficient (Wildman–Crippen LogP) is 6.94. The average Bonchev–Trinajstić information content (AvgIpc) is 2.99. The molecule has 0 bridgehead atoms. The van der Waals surface area contributed by atoms with Gasteiger partial charge in [0.2, 0.25) is 5.96 Å². The molecule has 4 rings (SSSR count). The van der Waals surface area contributed by atoms with Gasteiger partial charge >= 0.3 is 12.4 Å². The number of nitrogens with one attached hydrogen (secondary N) is 2. The van der Waals surface area contributed by atoms with Crippen LogP contribution >= 0.6 is 0 Å². The van der Waals surface area contributed by atoms with E-state index in [-0.39, 0.29) is 24.2 Å². The number of rotatable bonds is 8. The summed E-state index contributed by atoms with van der Waals surface area (Å²) in [7, 11) is 0. The molecule has 3 amide bonds. The molecule has 218 valence electrons. The summed E-state index contributed by atoms with van der Waals surface area (Å²) in [6.07, 6.45) is 1.65. The van der Waals surface area contributed by atoms with E-state index in [0.717, 1.165) is 31.2 Å². The fourth-order valence-electron chi connectivity index (χ4n) is 4.51. The molecule has 1 aliphatic rings. The second-order valence-electron chi connectivity index (χ2n) is 9.51. The third kappa shape index (κ3) is 8.26. The molecule has 0 aliphatic heterocycles. The number of nitrogens with zero attached hydrogens (tertiary/aromatic N) is 3. The van der Waals surface area contributed by atoms with Crippen molar-refractivity contribution >= 4 is 29.2 Å². The Morgan fingerprint density at radius 3 is 2.36 bits per heavy atom. The molecule has 12 heteroatoms. The van der Waals surface area contributed by atoms with Crippen molar-refractivity contribution in [1.29, 1.82) is 5.53 Å². The standard InChI is InChI=1S/C30H29F3N6O3/c31-30(32,33)42-26-9-5-4-8-24(26)18-36-29(41)39(25-16-14-22(15-17-25)21-6-2-1-3-7-21)19-20-10-12-23(13-11-20)27(40)37-28(34)38-35/h4-6,8-17,35H,1-3,7,18-19H2,(H,36,41)(H2,34,37,40). The first-order valence-corrected chi connectivity index (χ1v) is 13.2. The Hall–Kier alpha value is -5.00. The molecule has 0 spiro atoms.